The van der Waals surface area contributed by atoms with E-state index in [1.54, 1.807) is 11.8 Å². The molecule has 0 radical (unpaired) electrons. The third-order valence-electron chi connectivity index (χ3n) is 2.86. The zero-order valence-corrected chi connectivity index (χ0v) is 10.9. The van der Waals surface area contributed by atoms with E-state index in [0.29, 0.717) is 13.0 Å². The number of esters is 1. The first-order chi connectivity index (χ1) is 9.10. The van der Waals surface area contributed by atoms with Crippen molar-refractivity contribution < 1.29 is 23.9 Å². The van der Waals surface area contributed by atoms with Crippen LogP contribution < -0.4 is 0 Å². The Labute approximate surface area is 111 Å². The summed E-state index contributed by atoms with van der Waals surface area (Å²) in [4.78, 5) is 38.8. The summed E-state index contributed by atoms with van der Waals surface area (Å²) in [5, 5.41) is 0. The molecule has 0 aromatic heterocycles. The highest BCUT2D eigenvalue weighted by Gasteiger charge is 2.31. The second-order valence-electron chi connectivity index (χ2n) is 4.18. The van der Waals surface area contributed by atoms with Crippen molar-refractivity contribution in [3.05, 3.63) is 5.53 Å². The molecule has 0 bridgehead atoms. The number of likely N-dealkylation sites (tertiary alicyclic amines) is 1. The minimum absolute atomic E-state index is 0.0117. The van der Waals surface area contributed by atoms with Gasteiger partial charge in [0.2, 0.25) is 5.91 Å². The molecule has 1 rings (SSSR count). The minimum atomic E-state index is -0.944. The third-order valence-corrected chi connectivity index (χ3v) is 2.86. The Morgan fingerprint density at radius 2 is 2.16 bits per heavy atom. The Kier molecular flexibility index (Phi) is 5.89. The number of amides is 1. The van der Waals surface area contributed by atoms with Gasteiger partial charge in [0.05, 0.1) is 6.61 Å². The minimum Gasteiger partial charge on any atom is -0.457 e. The molecule has 0 spiro atoms. The maximum atomic E-state index is 11.7. The zero-order chi connectivity index (χ0) is 14.3. The van der Waals surface area contributed by atoms with Crippen LogP contribution in [0, 0.1) is 0 Å². The summed E-state index contributed by atoms with van der Waals surface area (Å²) >= 11 is 0. The third kappa shape index (κ3) is 4.30. The molecule has 1 aliphatic rings. The van der Waals surface area contributed by atoms with E-state index in [1.807, 2.05) is 0 Å². The van der Waals surface area contributed by atoms with Crippen LogP contribution in [0.15, 0.2) is 0 Å². The number of ether oxygens (including phenoxy) is 1. The molecule has 1 amide bonds. The lowest BCUT2D eigenvalue weighted by molar-refractivity contribution is -0.141. The average Bonchev–Trinajstić information content (AvgIpc) is 2.39. The van der Waals surface area contributed by atoms with Gasteiger partial charge in [0.25, 0.3) is 5.78 Å². The summed E-state index contributed by atoms with van der Waals surface area (Å²) in [6.45, 7) is 2.53. The molecule has 104 valence electrons. The number of hydrogen-bond acceptors (Lipinski definition) is 4. The van der Waals surface area contributed by atoms with E-state index in [9.17, 15) is 14.4 Å². The molecular formula is C12H17N3O4. The van der Waals surface area contributed by atoms with Gasteiger partial charge in [0.1, 0.15) is 0 Å². The molecule has 0 saturated carbocycles. The second-order valence-corrected chi connectivity index (χ2v) is 4.18. The molecule has 1 heterocycles. The van der Waals surface area contributed by atoms with E-state index in [-0.39, 0.29) is 25.5 Å². The van der Waals surface area contributed by atoms with Crippen LogP contribution in [0.5, 0.6) is 0 Å². The molecule has 1 aliphatic heterocycles. The predicted octanol–water partition coefficient (Wildman–Crippen LogP) is 0.192. The molecule has 7 nitrogen and oxygen atoms in total. The first kappa shape index (κ1) is 15.0. The van der Waals surface area contributed by atoms with Gasteiger partial charge in [0.15, 0.2) is 0 Å². The highest BCUT2D eigenvalue weighted by molar-refractivity contribution is 6.62. The highest BCUT2D eigenvalue weighted by atomic mass is 16.5. The lowest BCUT2D eigenvalue weighted by Crippen LogP contribution is -2.38. The van der Waals surface area contributed by atoms with Crippen LogP contribution >= 0.6 is 0 Å². The summed E-state index contributed by atoms with van der Waals surface area (Å²) in [5.74, 6) is -1.56. The van der Waals surface area contributed by atoms with Gasteiger partial charge in [-0.3, -0.25) is 9.59 Å². The Morgan fingerprint density at radius 3 is 2.74 bits per heavy atom. The first-order valence-electron chi connectivity index (χ1n) is 6.30. The number of carbonyl (C=O) groups excluding carboxylic acids is 3. The first-order valence-corrected chi connectivity index (χ1v) is 6.30. The number of nitrogens with zero attached hydrogens (tertiary/aromatic N) is 3. The largest absolute Gasteiger partial charge is 0.457 e. The molecule has 1 saturated heterocycles. The SMILES string of the molecule is CCOC(=O)C(=[N+]=[N-])C(=O)CCN1CCCCC1=O. The summed E-state index contributed by atoms with van der Waals surface area (Å²) in [7, 11) is 0. The standard InChI is InChI=1S/C12H17N3O4/c1-2-19-12(18)11(14-13)9(16)6-8-15-7-4-3-5-10(15)17/h2-8H2,1H3. The fourth-order valence-corrected chi connectivity index (χ4v) is 1.86. The van der Waals surface area contributed by atoms with Gasteiger partial charge >= 0.3 is 11.7 Å². The molecule has 0 N–H and O–H groups in total. The van der Waals surface area contributed by atoms with Gasteiger partial charge in [-0.2, -0.15) is 4.79 Å². The number of rotatable bonds is 6. The molecule has 19 heavy (non-hydrogen) atoms. The van der Waals surface area contributed by atoms with E-state index in [2.05, 4.69) is 9.53 Å². The van der Waals surface area contributed by atoms with Crippen molar-refractivity contribution >= 4 is 23.4 Å². The van der Waals surface area contributed by atoms with E-state index in [1.165, 1.54) is 0 Å². The van der Waals surface area contributed by atoms with Gasteiger partial charge in [0, 0.05) is 25.9 Å². The molecule has 0 unspecified atom stereocenters. The van der Waals surface area contributed by atoms with Crippen LogP contribution in [0.2, 0.25) is 0 Å². The molecule has 7 heteroatoms. The number of piperidine rings is 1. The number of ketones is 1. The van der Waals surface area contributed by atoms with Gasteiger partial charge in [-0.05, 0) is 19.8 Å². The molecule has 0 aromatic rings. The number of carbonyl (C=O) groups is 3. The quantitative estimate of drug-likeness (QED) is 0.225. The van der Waals surface area contributed by atoms with Gasteiger partial charge in [-0.25, -0.2) is 4.79 Å². The van der Waals surface area contributed by atoms with Crippen molar-refractivity contribution in [3.8, 4) is 0 Å². The van der Waals surface area contributed by atoms with Gasteiger partial charge < -0.3 is 15.2 Å². The van der Waals surface area contributed by atoms with Crippen molar-refractivity contribution in [3.63, 3.8) is 0 Å². The fraction of sp³-hybridized carbons (Fsp3) is 0.667. The maximum absolute atomic E-state index is 11.7. The van der Waals surface area contributed by atoms with Crippen molar-refractivity contribution in [1.29, 1.82) is 0 Å². The molecular weight excluding hydrogens is 250 g/mol. The van der Waals surface area contributed by atoms with Gasteiger partial charge in [-0.15, -0.1) is 0 Å². The predicted molar refractivity (Wildman–Crippen MR) is 65.3 cm³/mol. The summed E-state index contributed by atoms with van der Waals surface area (Å²) in [6.07, 6.45) is 2.23. The second kappa shape index (κ2) is 7.43. The van der Waals surface area contributed by atoms with Crippen LogP contribution in [0.4, 0.5) is 0 Å². The van der Waals surface area contributed by atoms with E-state index < -0.39 is 17.5 Å². The molecule has 0 aliphatic carbocycles. The lowest BCUT2D eigenvalue weighted by Gasteiger charge is -2.25. The Hall–Kier alpha value is -2.01. The zero-order valence-electron chi connectivity index (χ0n) is 10.9. The molecule has 1 fully saturated rings. The van der Waals surface area contributed by atoms with Crippen LogP contribution in [0.3, 0.4) is 0 Å². The summed E-state index contributed by atoms with van der Waals surface area (Å²) in [6, 6.07) is 0. The highest BCUT2D eigenvalue weighted by Crippen LogP contribution is 2.10. The Balaban J connectivity index is 2.51. The van der Waals surface area contributed by atoms with E-state index in [0.717, 1.165) is 12.8 Å². The van der Waals surface area contributed by atoms with Crippen LogP contribution in [0.1, 0.15) is 32.6 Å². The van der Waals surface area contributed by atoms with Crippen LogP contribution in [-0.2, 0) is 19.1 Å². The Bertz CT molecular complexity index is 427. The van der Waals surface area contributed by atoms with Crippen molar-refractivity contribution in [2.24, 2.45) is 0 Å². The normalized spacial score (nSPS) is 14.8. The van der Waals surface area contributed by atoms with Crippen molar-refractivity contribution in [2.75, 3.05) is 19.7 Å². The van der Waals surface area contributed by atoms with Crippen LogP contribution in [0.25, 0.3) is 5.53 Å². The van der Waals surface area contributed by atoms with Crippen molar-refractivity contribution in [2.45, 2.75) is 32.6 Å². The van der Waals surface area contributed by atoms with Crippen molar-refractivity contribution in [1.82, 2.24) is 4.90 Å². The molecule has 0 aromatic carbocycles. The summed E-state index contributed by atoms with van der Waals surface area (Å²) in [5.41, 5.74) is 8.05. The van der Waals surface area contributed by atoms with E-state index >= 15 is 0 Å². The lowest BCUT2D eigenvalue weighted by atomic mass is 10.1. The van der Waals surface area contributed by atoms with E-state index in [4.69, 9.17) is 5.53 Å². The van der Waals surface area contributed by atoms with Gasteiger partial charge in [-0.1, -0.05) is 0 Å². The monoisotopic (exact) mass is 267 g/mol. The average molecular weight is 267 g/mol. The number of Topliss-reactive ketones (excluding diaryl/α,β-unsaturated/α-hetero) is 1. The van der Waals surface area contributed by atoms with Crippen LogP contribution in [-0.4, -0.2) is 52.8 Å². The molecule has 0 atom stereocenters. The fourth-order valence-electron chi connectivity index (χ4n) is 1.86. The summed E-state index contributed by atoms with van der Waals surface area (Å²) < 4.78 is 4.60. The Morgan fingerprint density at radius 1 is 1.42 bits per heavy atom. The topological polar surface area (TPSA) is 100 Å². The number of hydrogen-bond donors (Lipinski definition) is 0. The smallest absolute Gasteiger partial charge is 0.441 e. The maximum Gasteiger partial charge on any atom is 0.441 e.